The largest absolute Gasteiger partial charge is 0.326 e. The van der Waals surface area contributed by atoms with Crippen molar-refractivity contribution in [3.05, 3.63) is 29.3 Å². The maximum absolute atomic E-state index is 11.2. The van der Waals surface area contributed by atoms with Gasteiger partial charge in [0.1, 0.15) is 0 Å². The van der Waals surface area contributed by atoms with Crippen molar-refractivity contribution >= 4 is 11.6 Å². The predicted molar refractivity (Wildman–Crippen MR) is 54.6 cm³/mol. The van der Waals surface area contributed by atoms with E-state index in [1.54, 1.807) is 0 Å². The Balaban J connectivity index is 2.34. The number of nitrogens with one attached hydrogen (secondary N) is 1. The van der Waals surface area contributed by atoms with Crippen molar-refractivity contribution in [3.63, 3.8) is 0 Å². The molecule has 0 atom stereocenters. The van der Waals surface area contributed by atoms with E-state index in [2.05, 4.69) is 5.32 Å². The smallest absolute Gasteiger partial charge is 0.228 e. The molecule has 1 heterocycles. The number of carbonyl (C=O) groups is 1. The Bertz CT molecular complexity index is 374. The lowest BCUT2D eigenvalue weighted by Gasteiger charge is -2.09. The number of hydrogen-bond acceptors (Lipinski definition) is 3. The lowest BCUT2D eigenvalue weighted by molar-refractivity contribution is -0.115. The Kier molecular flexibility index (Phi) is 2.23. The summed E-state index contributed by atoms with van der Waals surface area (Å²) in [7, 11) is 0. The third-order valence-electron chi connectivity index (χ3n) is 2.34. The molecule has 0 radical (unpaired) electrons. The molecule has 0 spiro atoms. The van der Waals surface area contributed by atoms with Crippen LogP contribution in [-0.4, -0.2) is 12.1 Å². The number of anilines is 1. The number of fused-ring (bicyclic) bond motifs is 1. The van der Waals surface area contributed by atoms with Crippen LogP contribution in [0.5, 0.6) is 0 Å². The van der Waals surface area contributed by atoms with Gasteiger partial charge < -0.3 is 16.8 Å². The van der Waals surface area contributed by atoms with Crippen LogP contribution in [0, 0.1) is 0 Å². The lowest BCUT2D eigenvalue weighted by atomic mass is 10.0. The van der Waals surface area contributed by atoms with Crippen LogP contribution in [0.25, 0.3) is 0 Å². The van der Waals surface area contributed by atoms with Crippen LogP contribution < -0.4 is 16.8 Å². The number of benzene rings is 1. The molecule has 1 aliphatic heterocycles. The van der Waals surface area contributed by atoms with Crippen LogP contribution in [0.3, 0.4) is 0 Å². The number of amides is 1. The zero-order chi connectivity index (χ0) is 10.1. The van der Waals surface area contributed by atoms with Crippen molar-refractivity contribution in [2.45, 2.75) is 19.0 Å². The van der Waals surface area contributed by atoms with Crippen molar-refractivity contribution in [2.75, 3.05) is 5.32 Å². The van der Waals surface area contributed by atoms with E-state index in [1.165, 1.54) is 0 Å². The second-order valence-electron chi connectivity index (χ2n) is 3.54. The second-order valence-corrected chi connectivity index (χ2v) is 3.54. The van der Waals surface area contributed by atoms with Crippen molar-refractivity contribution in [3.8, 4) is 0 Å². The molecule has 1 aliphatic rings. The summed E-state index contributed by atoms with van der Waals surface area (Å²) in [5, 5.41) is 2.79. The van der Waals surface area contributed by atoms with Crippen LogP contribution in [0.4, 0.5) is 5.69 Å². The van der Waals surface area contributed by atoms with E-state index in [9.17, 15) is 4.79 Å². The van der Waals surface area contributed by atoms with Crippen molar-refractivity contribution < 1.29 is 4.79 Å². The summed E-state index contributed by atoms with van der Waals surface area (Å²) >= 11 is 0. The molecule has 1 amide bonds. The van der Waals surface area contributed by atoms with Gasteiger partial charge in [-0.15, -0.1) is 0 Å². The first-order chi connectivity index (χ1) is 6.66. The third-order valence-corrected chi connectivity index (χ3v) is 2.34. The zero-order valence-electron chi connectivity index (χ0n) is 7.79. The molecule has 4 nitrogen and oxygen atoms in total. The summed E-state index contributed by atoms with van der Waals surface area (Å²) in [6.07, 6.45) is 0.688. The van der Waals surface area contributed by atoms with E-state index < -0.39 is 0 Å². The number of hydrogen-bond donors (Lipinski definition) is 3. The van der Waals surface area contributed by atoms with Gasteiger partial charge in [0.2, 0.25) is 5.91 Å². The molecule has 4 heteroatoms. The molecule has 0 saturated carbocycles. The topological polar surface area (TPSA) is 81.1 Å². The summed E-state index contributed by atoms with van der Waals surface area (Å²) in [6, 6.07) is 5.76. The molecule has 2 rings (SSSR count). The van der Waals surface area contributed by atoms with Gasteiger partial charge in [-0.25, -0.2) is 0 Å². The first-order valence-electron chi connectivity index (χ1n) is 4.58. The van der Waals surface area contributed by atoms with Crippen molar-refractivity contribution in [1.82, 2.24) is 0 Å². The molecular weight excluding hydrogens is 178 g/mol. The third kappa shape index (κ3) is 1.62. The first kappa shape index (κ1) is 9.18. The average molecular weight is 191 g/mol. The molecular formula is C10H13N3O. The highest BCUT2D eigenvalue weighted by molar-refractivity contribution is 5.99. The van der Waals surface area contributed by atoms with Gasteiger partial charge in [-0.2, -0.15) is 0 Å². The molecule has 0 bridgehead atoms. The predicted octanol–water partition coefficient (Wildman–Crippen LogP) is -0.0328. The molecule has 5 N–H and O–H groups in total. The fourth-order valence-corrected chi connectivity index (χ4v) is 1.76. The van der Waals surface area contributed by atoms with Gasteiger partial charge in [-0.1, -0.05) is 12.1 Å². The fraction of sp³-hybridized carbons (Fsp3) is 0.300. The average Bonchev–Trinajstić information content (AvgIpc) is 2.45. The standard InChI is InChI=1S/C10H13N3O/c11-9(12)4-6-2-1-3-8-7(6)5-10(14)13-8/h1-3,9H,4-5,11-12H2,(H,13,14). The zero-order valence-corrected chi connectivity index (χ0v) is 7.79. The SMILES string of the molecule is NC(N)Cc1cccc2c1CC(=O)N2. The van der Waals surface area contributed by atoms with E-state index in [0.717, 1.165) is 16.8 Å². The molecule has 14 heavy (non-hydrogen) atoms. The minimum absolute atomic E-state index is 0.0399. The van der Waals surface area contributed by atoms with Crippen molar-refractivity contribution in [2.24, 2.45) is 11.5 Å². The highest BCUT2D eigenvalue weighted by Crippen LogP contribution is 2.26. The monoisotopic (exact) mass is 191 g/mol. The Morgan fingerprint density at radius 2 is 2.21 bits per heavy atom. The lowest BCUT2D eigenvalue weighted by Crippen LogP contribution is -2.32. The molecule has 0 aliphatic carbocycles. The van der Waals surface area contributed by atoms with Gasteiger partial charge in [0.15, 0.2) is 0 Å². The highest BCUT2D eigenvalue weighted by Gasteiger charge is 2.20. The van der Waals surface area contributed by atoms with E-state index in [1.807, 2.05) is 18.2 Å². The quantitative estimate of drug-likeness (QED) is 0.574. The molecule has 1 aromatic rings. The summed E-state index contributed by atoms with van der Waals surface area (Å²) in [6.45, 7) is 0. The Labute approximate surface area is 82.3 Å². The normalized spacial score (nSPS) is 14.4. The number of rotatable bonds is 2. The summed E-state index contributed by atoms with van der Waals surface area (Å²) < 4.78 is 0. The molecule has 0 fully saturated rings. The van der Waals surface area contributed by atoms with Gasteiger partial charge in [-0.05, 0) is 17.2 Å². The van der Waals surface area contributed by atoms with Crippen LogP contribution in [0.1, 0.15) is 11.1 Å². The minimum Gasteiger partial charge on any atom is -0.326 e. The van der Waals surface area contributed by atoms with Gasteiger partial charge in [0, 0.05) is 12.1 Å². The molecule has 74 valence electrons. The maximum Gasteiger partial charge on any atom is 0.228 e. The van der Waals surface area contributed by atoms with Crippen LogP contribution >= 0.6 is 0 Å². The van der Waals surface area contributed by atoms with Crippen LogP contribution in [0.2, 0.25) is 0 Å². The number of carbonyl (C=O) groups excluding carboxylic acids is 1. The van der Waals surface area contributed by atoms with Crippen LogP contribution in [0.15, 0.2) is 18.2 Å². The maximum atomic E-state index is 11.2. The summed E-state index contributed by atoms with van der Waals surface area (Å²) in [5.41, 5.74) is 14.1. The minimum atomic E-state index is -0.364. The summed E-state index contributed by atoms with van der Waals surface area (Å²) in [4.78, 5) is 11.2. The summed E-state index contributed by atoms with van der Waals surface area (Å²) in [5.74, 6) is 0.0399. The van der Waals surface area contributed by atoms with Crippen LogP contribution in [-0.2, 0) is 17.6 Å². The van der Waals surface area contributed by atoms with Gasteiger partial charge in [0.05, 0.1) is 12.6 Å². The Hall–Kier alpha value is -1.39. The van der Waals surface area contributed by atoms with E-state index in [0.29, 0.717) is 12.8 Å². The molecule has 0 aromatic heterocycles. The molecule has 1 aromatic carbocycles. The fourth-order valence-electron chi connectivity index (χ4n) is 1.76. The van der Waals surface area contributed by atoms with E-state index >= 15 is 0 Å². The number of nitrogens with two attached hydrogens (primary N) is 2. The van der Waals surface area contributed by atoms with E-state index in [-0.39, 0.29) is 12.1 Å². The Morgan fingerprint density at radius 1 is 1.43 bits per heavy atom. The van der Waals surface area contributed by atoms with Gasteiger partial charge >= 0.3 is 0 Å². The van der Waals surface area contributed by atoms with Gasteiger partial charge in [-0.3, -0.25) is 4.79 Å². The first-order valence-corrected chi connectivity index (χ1v) is 4.58. The second kappa shape index (κ2) is 3.40. The highest BCUT2D eigenvalue weighted by atomic mass is 16.1. The molecule has 0 unspecified atom stereocenters. The Morgan fingerprint density at radius 3 is 2.93 bits per heavy atom. The van der Waals surface area contributed by atoms with Crippen molar-refractivity contribution in [1.29, 1.82) is 0 Å². The van der Waals surface area contributed by atoms with E-state index in [4.69, 9.17) is 11.5 Å². The van der Waals surface area contributed by atoms with Gasteiger partial charge in [0.25, 0.3) is 0 Å². The molecule has 0 saturated heterocycles.